The first-order chi connectivity index (χ1) is 9.13. The molecule has 5 heteroatoms. The topological polar surface area (TPSA) is 49.6 Å². The van der Waals surface area contributed by atoms with Crippen LogP contribution in [-0.4, -0.2) is 45.4 Å². The molecule has 2 atom stereocenters. The molecular weight excluding hydrogens is 240 g/mol. The molecule has 0 unspecified atom stereocenters. The molecule has 5 nitrogen and oxygen atoms in total. The predicted molar refractivity (Wildman–Crippen MR) is 73.2 cm³/mol. The van der Waals surface area contributed by atoms with E-state index >= 15 is 0 Å². The second-order valence-electron chi connectivity index (χ2n) is 5.29. The van der Waals surface area contributed by atoms with Gasteiger partial charge in [0, 0.05) is 43.8 Å². The van der Waals surface area contributed by atoms with E-state index in [0.29, 0.717) is 17.6 Å². The van der Waals surface area contributed by atoms with Gasteiger partial charge in [0.1, 0.15) is 5.65 Å². The van der Waals surface area contributed by atoms with Crippen molar-refractivity contribution in [3.8, 4) is 0 Å². The van der Waals surface area contributed by atoms with Crippen molar-refractivity contribution < 1.29 is 4.79 Å². The number of nitrogens with zero attached hydrogens (tertiary/aromatic N) is 3. The van der Waals surface area contributed by atoms with Gasteiger partial charge in [0.2, 0.25) is 0 Å². The van der Waals surface area contributed by atoms with Gasteiger partial charge < -0.3 is 14.6 Å². The summed E-state index contributed by atoms with van der Waals surface area (Å²) in [5, 5.41) is 3.43. The van der Waals surface area contributed by atoms with Crippen LogP contribution in [-0.2, 0) is 0 Å². The summed E-state index contributed by atoms with van der Waals surface area (Å²) < 4.78 is 1.88. The van der Waals surface area contributed by atoms with Gasteiger partial charge in [-0.2, -0.15) is 0 Å². The number of carbonyl (C=O) groups is 1. The van der Waals surface area contributed by atoms with Crippen molar-refractivity contribution in [2.75, 3.05) is 13.1 Å². The van der Waals surface area contributed by atoms with Crippen LogP contribution in [0.5, 0.6) is 0 Å². The number of carbonyl (C=O) groups excluding carboxylic acids is 1. The van der Waals surface area contributed by atoms with E-state index in [-0.39, 0.29) is 5.91 Å². The van der Waals surface area contributed by atoms with E-state index in [1.54, 1.807) is 6.20 Å². The second-order valence-corrected chi connectivity index (χ2v) is 5.29. The molecule has 0 saturated carbocycles. The number of aromatic nitrogens is 2. The average molecular weight is 258 g/mol. The van der Waals surface area contributed by atoms with Crippen molar-refractivity contribution in [1.29, 1.82) is 0 Å². The third-order valence-electron chi connectivity index (χ3n) is 3.48. The number of imidazole rings is 1. The summed E-state index contributed by atoms with van der Waals surface area (Å²) in [5.74, 6) is 0.0933. The van der Waals surface area contributed by atoms with Crippen LogP contribution in [0.4, 0.5) is 0 Å². The summed E-state index contributed by atoms with van der Waals surface area (Å²) in [5.41, 5.74) is 1.57. The molecular formula is C14H18N4O. The summed E-state index contributed by atoms with van der Waals surface area (Å²) in [6, 6.07) is 4.40. The van der Waals surface area contributed by atoms with Gasteiger partial charge in [0.15, 0.2) is 0 Å². The summed E-state index contributed by atoms with van der Waals surface area (Å²) >= 11 is 0. The number of pyridine rings is 1. The zero-order valence-corrected chi connectivity index (χ0v) is 11.2. The van der Waals surface area contributed by atoms with Gasteiger partial charge in [-0.3, -0.25) is 4.79 Å². The van der Waals surface area contributed by atoms with Crippen LogP contribution in [0, 0.1) is 0 Å². The summed E-state index contributed by atoms with van der Waals surface area (Å²) in [4.78, 5) is 18.6. The molecule has 0 spiro atoms. The van der Waals surface area contributed by atoms with Crippen LogP contribution < -0.4 is 5.32 Å². The highest BCUT2D eigenvalue weighted by molar-refractivity contribution is 5.94. The Bertz CT molecular complexity index is 596. The molecule has 1 amide bonds. The lowest BCUT2D eigenvalue weighted by Crippen LogP contribution is -2.55. The molecule has 2 aromatic heterocycles. The van der Waals surface area contributed by atoms with E-state index in [1.807, 2.05) is 33.8 Å². The smallest absolute Gasteiger partial charge is 0.255 e. The first-order valence-electron chi connectivity index (χ1n) is 6.61. The lowest BCUT2D eigenvalue weighted by molar-refractivity contribution is 0.0673. The fraction of sp³-hybridized carbons (Fsp3) is 0.429. The van der Waals surface area contributed by atoms with Gasteiger partial charge in [0.05, 0.1) is 5.56 Å². The second kappa shape index (κ2) is 4.66. The largest absolute Gasteiger partial charge is 0.335 e. The number of nitrogens with one attached hydrogen (secondary N) is 1. The van der Waals surface area contributed by atoms with Crippen molar-refractivity contribution >= 4 is 11.6 Å². The first-order valence-corrected chi connectivity index (χ1v) is 6.61. The summed E-state index contributed by atoms with van der Waals surface area (Å²) in [6.07, 6.45) is 5.44. The Morgan fingerprint density at radius 3 is 2.79 bits per heavy atom. The third kappa shape index (κ3) is 2.33. The van der Waals surface area contributed by atoms with Crippen molar-refractivity contribution in [3.05, 3.63) is 36.3 Å². The minimum absolute atomic E-state index is 0.0933. The van der Waals surface area contributed by atoms with Gasteiger partial charge >= 0.3 is 0 Å². The maximum atomic E-state index is 12.5. The number of hydrogen-bond donors (Lipinski definition) is 1. The van der Waals surface area contributed by atoms with Gasteiger partial charge in [-0.15, -0.1) is 0 Å². The van der Waals surface area contributed by atoms with Crippen molar-refractivity contribution in [3.63, 3.8) is 0 Å². The highest BCUT2D eigenvalue weighted by atomic mass is 16.2. The van der Waals surface area contributed by atoms with E-state index in [2.05, 4.69) is 24.1 Å². The minimum Gasteiger partial charge on any atom is -0.335 e. The van der Waals surface area contributed by atoms with Crippen molar-refractivity contribution in [1.82, 2.24) is 19.6 Å². The van der Waals surface area contributed by atoms with Crippen LogP contribution in [0.2, 0.25) is 0 Å². The first kappa shape index (κ1) is 12.2. The van der Waals surface area contributed by atoms with Gasteiger partial charge in [-0.1, -0.05) is 0 Å². The molecule has 2 aromatic rings. The van der Waals surface area contributed by atoms with Crippen molar-refractivity contribution in [2.24, 2.45) is 0 Å². The number of rotatable bonds is 1. The lowest BCUT2D eigenvalue weighted by Gasteiger charge is -2.36. The average Bonchev–Trinajstić information content (AvgIpc) is 2.83. The monoisotopic (exact) mass is 258 g/mol. The van der Waals surface area contributed by atoms with Crippen LogP contribution in [0.25, 0.3) is 5.65 Å². The van der Waals surface area contributed by atoms with E-state index < -0.39 is 0 Å². The Hall–Kier alpha value is -1.88. The molecule has 0 aromatic carbocycles. The van der Waals surface area contributed by atoms with Crippen LogP contribution in [0.15, 0.2) is 30.7 Å². The van der Waals surface area contributed by atoms with Gasteiger partial charge in [0.25, 0.3) is 5.91 Å². The molecule has 1 fully saturated rings. The third-order valence-corrected chi connectivity index (χ3v) is 3.48. The van der Waals surface area contributed by atoms with Crippen LogP contribution in [0.3, 0.4) is 0 Å². The molecule has 0 aliphatic carbocycles. The standard InChI is InChI=1S/C14H18N4O/c1-10-7-18(8-11(2)16-10)14(19)12-3-4-13-15-5-6-17(13)9-12/h3-6,9-11,16H,7-8H2,1-2H3/t10-,11-/m0/s1. The van der Waals surface area contributed by atoms with Crippen molar-refractivity contribution in [2.45, 2.75) is 25.9 Å². The SMILES string of the molecule is C[C@H]1CN(C(=O)c2ccc3nccn3c2)C[C@H](C)N1. The number of piperazine rings is 1. The molecule has 0 bridgehead atoms. The molecule has 19 heavy (non-hydrogen) atoms. The lowest BCUT2D eigenvalue weighted by atomic mass is 10.1. The normalized spacial score (nSPS) is 23.8. The van der Waals surface area contributed by atoms with E-state index in [9.17, 15) is 4.79 Å². The summed E-state index contributed by atoms with van der Waals surface area (Å²) in [6.45, 7) is 5.72. The zero-order chi connectivity index (χ0) is 13.4. The number of amides is 1. The highest BCUT2D eigenvalue weighted by Crippen LogP contribution is 2.11. The zero-order valence-electron chi connectivity index (χ0n) is 11.2. The molecule has 1 aliphatic rings. The van der Waals surface area contributed by atoms with Crippen LogP contribution in [0.1, 0.15) is 24.2 Å². The summed E-state index contributed by atoms with van der Waals surface area (Å²) in [7, 11) is 0. The predicted octanol–water partition coefficient (Wildman–Crippen LogP) is 1.16. The Morgan fingerprint density at radius 1 is 1.32 bits per heavy atom. The van der Waals surface area contributed by atoms with Crippen LogP contribution >= 0.6 is 0 Å². The van der Waals surface area contributed by atoms with E-state index in [4.69, 9.17) is 0 Å². The minimum atomic E-state index is 0.0933. The molecule has 1 N–H and O–H groups in total. The molecule has 3 rings (SSSR count). The number of fused-ring (bicyclic) bond motifs is 1. The van der Waals surface area contributed by atoms with Gasteiger partial charge in [-0.05, 0) is 26.0 Å². The highest BCUT2D eigenvalue weighted by Gasteiger charge is 2.25. The molecule has 1 saturated heterocycles. The van der Waals surface area contributed by atoms with E-state index in [1.165, 1.54) is 0 Å². The molecule has 100 valence electrons. The Morgan fingerprint density at radius 2 is 2.05 bits per heavy atom. The Kier molecular flexibility index (Phi) is 2.98. The molecule has 0 radical (unpaired) electrons. The Labute approximate surface area is 112 Å². The fourth-order valence-corrected chi connectivity index (χ4v) is 2.72. The number of hydrogen-bond acceptors (Lipinski definition) is 3. The maximum Gasteiger partial charge on any atom is 0.255 e. The van der Waals surface area contributed by atoms with Gasteiger partial charge in [-0.25, -0.2) is 4.98 Å². The quantitative estimate of drug-likeness (QED) is 0.835. The molecule has 3 heterocycles. The maximum absolute atomic E-state index is 12.5. The fourth-order valence-electron chi connectivity index (χ4n) is 2.72. The molecule has 1 aliphatic heterocycles. The van der Waals surface area contributed by atoms with E-state index in [0.717, 1.165) is 18.7 Å². The Balaban J connectivity index is 1.86.